The molecule has 4 nitrogen and oxygen atoms in total. The second-order valence-electron chi connectivity index (χ2n) is 7.42. The van der Waals surface area contributed by atoms with Crippen molar-refractivity contribution in [3.63, 3.8) is 0 Å². The van der Waals surface area contributed by atoms with Crippen LogP contribution in [0.3, 0.4) is 0 Å². The van der Waals surface area contributed by atoms with Gasteiger partial charge in [0.15, 0.2) is 0 Å². The summed E-state index contributed by atoms with van der Waals surface area (Å²) in [5, 5.41) is 6.30. The van der Waals surface area contributed by atoms with Crippen molar-refractivity contribution in [2.24, 2.45) is 0 Å². The number of carbonyl (C=O) groups excluding carboxylic acids is 1. The number of hydrogen-bond acceptors (Lipinski definition) is 2. The van der Waals surface area contributed by atoms with Crippen LogP contribution < -0.4 is 10.6 Å². The van der Waals surface area contributed by atoms with E-state index in [0.717, 1.165) is 38.9 Å². The molecule has 0 unspecified atom stereocenters. The molecule has 2 N–H and O–H groups in total. The molecule has 0 aromatic heterocycles. The third-order valence-corrected chi connectivity index (χ3v) is 5.64. The van der Waals surface area contributed by atoms with Crippen molar-refractivity contribution in [3.05, 3.63) is 35.4 Å². The Hall–Kier alpha value is -1.55. The topological polar surface area (TPSA) is 50.4 Å². The molecule has 1 aliphatic carbocycles. The number of carbonyl (C=O) groups is 1. The average molecular weight is 330 g/mol. The molecule has 24 heavy (non-hydrogen) atoms. The van der Waals surface area contributed by atoms with Crippen molar-refractivity contribution in [1.82, 2.24) is 10.6 Å². The van der Waals surface area contributed by atoms with E-state index in [0.29, 0.717) is 12.6 Å². The molecule has 2 fully saturated rings. The van der Waals surface area contributed by atoms with Crippen LogP contribution in [0, 0.1) is 6.92 Å². The highest BCUT2D eigenvalue weighted by Crippen LogP contribution is 2.34. The predicted octanol–water partition coefficient (Wildman–Crippen LogP) is 3.68. The molecule has 0 bridgehead atoms. The molecule has 0 atom stereocenters. The number of amides is 2. The first-order chi connectivity index (χ1) is 11.7. The molecule has 1 heterocycles. The molecule has 1 aromatic carbocycles. The maximum absolute atomic E-state index is 12.3. The van der Waals surface area contributed by atoms with Gasteiger partial charge in [-0.15, -0.1) is 0 Å². The molecule has 1 saturated carbocycles. The zero-order chi connectivity index (χ0) is 16.8. The summed E-state index contributed by atoms with van der Waals surface area (Å²) in [4.78, 5) is 12.3. The van der Waals surface area contributed by atoms with Crippen LogP contribution in [-0.4, -0.2) is 31.8 Å². The Morgan fingerprint density at radius 2 is 1.79 bits per heavy atom. The maximum Gasteiger partial charge on any atom is 0.315 e. The van der Waals surface area contributed by atoms with Crippen LogP contribution in [0.5, 0.6) is 0 Å². The number of aryl methyl sites for hydroxylation is 1. The second-order valence-corrected chi connectivity index (χ2v) is 7.42. The fourth-order valence-corrected chi connectivity index (χ4v) is 3.97. The zero-order valence-electron chi connectivity index (χ0n) is 14.8. The predicted molar refractivity (Wildman–Crippen MR) is 96.3 cm³/mol. The maximum atomic E-state index is 12.3. The summed E-state index contributed by atoms with van der Waals surface area (Å²) in [6.07, 6.45) is 7.91. The first-order valence-electron chi connectivity index (χ1n) is 9.37. The van der Waals surface area contributed by atoms with Crippen molar-refractivity contribution in [1.29, 1.82) is 0 Å². The summed E-state index contributed by atoms with van der Waals surface area (Å²) in [6, 6.07) is 9.08. The minimum Gasteiger partial charge on any atom is -0.381 e. The van der Waals surface area contributed by atoms with Crippen molar-refractivity contribution < 1.29 is 9.53 Å². The Labute approximate surface area is 145 Å². The molecule has 132 valence electrons. The highest BCUT2D eigenvalue weighted by atomic mass is 16.5. The van der Waals surface area contributed by atoms with Crippen molar-refractivity contribution in [2.75, 3.05) is 19.8 Å². The van der Waals surface area contributed by atoms with Crippen LogP contribution in [0.4, 0.5) is 4.79 Å². The van der Waals surface area contributed by atoms with E-state index in [1.54, 1.807) is 0 Å². The van der Waals surface area contributed by atoms with Crippen LogP contribution in [0.1, 0.15) is 56.1 Å². The SMILES string of the molecule is Cc1ccc(C2(CNC(=O)NC3CCCCC3)CCOCC2)cc1. The number of rotatable bonds is 4. The normalized spacial score (nSPS) is 21.2. The molecule has 0 radical (unpaired) electrons. The summed E-state index contributed by atoms with van der Waals surface area (Å²) in [5.41, 5.74) is 2.58. The fraction of sp³-hybridized carbons (Fsp3) is 0.650. The summed E-state index contributed by atoms with van der Waals surface area (Å²) in [7, 11) is 0. The van der Waals surface area contributed by atoms with Crippen molar-refractivity contribution in [2.45, 2.75) is 63.3 Å². The first-order valence-corrected chi connectivity index (χ1v) is 9.37. The van der Waals surface area contributed by atoms with E-state index in [1.165, 1.54) is 30.4 Å². The van der Waals surface area contributed by atoms with Gasteiger partial charge in [0.25, 0.3) is 0 Å². The fourth-order valence-electron chi connectivity index (χ4n) is 3.97. The van der Waals surface area contributed by atoms with Gasteiger partial charge < -0.3 is 15.4 Å². The molecule has 2 aliphatic rings. The van der Waals surface area contributed by atoms with Gasteiger partial charge in [-0.2, -0.15) is 0 Å². The molecule has 4 heteroatoms. The smallest absolute Gasteiger partial charge is 0.315 e. The van der Waals surface area contributed by atoms with Crippen LogP contribution in [0.15, 0.2) is 24.3 Å². The summed E-state index contributed by atoms with van der Waals surface area (Å²) < 4.78 is 5.57. The van der Waals surface area contributed by atoms with E-state index in [2.05, 4.69) is 41.8 Å². The minimum absolute atomic E-state index is 0.00411. The van der Waals surface area contributed by atoms with Gasteiger partial charge >= 0.3 is 6.03 Å². The van der Waals surface area contributed by atoms with Gasteiger partial charge in [0, 0.05) is 31.2 Å². The third kappa shape index (κ3) is 4.29. The lowest BCUT2D eigenvalue weighted by molar-refractivity contribution is 0.0506. The Kier molecular flexibility index (Phi) is 5.77. The summed E-state index contributed by atoms with van der Waals surface area (Å²) in [6.45, 7) is 4.31. The number of benzene rings is 1. The Bertz CT molecular complexity index is 529. The highest BCUT2D eigenvalue weighted by molar-refractivity contribution is 5.74. The van der Waals surface area contributed by atoms with Crippen LogP contribution in [-0.2, 0) is 10.2 Å². The lowest BCUT2D eigenvalue weighted by atomic mass is 9.74. The third-order valence-electron chi connectivity index (χ3n) is 5.64. The van der Waals surface area contributed by atoms with Crippen LogP contribution in [0.25, 0.3) is 0 Å². The molecular formula is C20H30N2O2. The Balaban J connectivity index is 1.61. The first kappa shape index (κ1) is 17.3. The summed E-state index contributed by atoms with van der Waals surface area (Å²) >= 11 is 0. The molecule has 3 rings (SSSR count). The van der Waals surface area contributed by atoms with E-state index in [9.17, 15) is 4.79 Å². The second kappa shape index (κ2) is 8.02. The molecule has 1 aromatic rings. The molecule has 1 saturated heterocycles. The molecule has 1 aliphatic heterocycles. The van der Waals surface area contributed by atoms with Crippen LogP contribution in [0.2, 0.25) is 0 Å². The zero-order valence-corrected chi connectivity index (χ0v) is 14.8. The van der Waals surface area contributed by atoms with Crippen molar-refractivity contribution >= 4 is 6.03 Å². The Morgan fingerprint density at radius 3 is 2.46 bits per heavy atom. The Morgan fingerprint density at radius 1 is 1.12 bits per heavy atom. The van der Waals surface area contributed by atoms with Gasteiger partial charge in [-0.3, -0.25) is 0 Å². The van der Waals surface area contributed by atoms with E-state index < -0.39 is 0 Å². The van der Waals surface area contributed by atoms with Gasteiger partial charge in [-0.1, -0.05) is 49.1 Å². The monoisotopic (exact) mass is 330 g/mol. The average Bonchev–Trinajstić information content (AvgIpc) is 2.62. The molecule has 0 spiro atoms. The number of hydrogen-bond donors (Lipinski definition) is 2. The number of nitrogens with one attached hydrogen (secondary N) is 2. The van der Waals surface area contributed by atoms with E-state index in [1.807, 2.05) is 0 Å². The van der Waals surface area contributed by atoms with Gasteiger partial charge in [-0.05, 0) is 38.2 Å². The number of urea groups is 1. The van der Waals surface area contributed by atoms with Gasteiger partial charge in [0.2, 0.25) is 0 Å². The molecular weight excluding hydrogens is 300 g/mol. The van der Waals surface area contributed by atoms with Crippen molar-refractivity contribution in [3.8, 4) is 0 Å². The van der Waals surface area contributed by atoms with Gasteiger partial charge in [0.05, 0.1) is 0 Å². The minimum atomic E-state index is -0.0140. The summed E-state index contributed by atoms with van der Waals surface area (Å²) in [5.74, 6) is 0. The van der Waals surface area contributed by atoms with Gasteiger partial charge in [-0.25, -0.2) is 4.79 Å². The lowest BCUT2D eigenvalue weighted by Crippen LogP contribution is -2.49. The molecule has 2 amide bonds. The highest BCUT2D eigenvalue weighted by Gasteiger charge is 2.35. The van der Waals surface area contributed by atoms with E-state index in [4.69, 9.17) is 4.74 Å². The largest absolute Gasteiger partial charge is 0.381 e. The van der Waals surface area contributed by atoms with Gasteiger partial charge in [0.1, 0.15) is 0 Å². The van der Waals surface area contributed by atoms with E-state index in [-0.39, 0.29) is 11.4 Å². The van der Waals surface area contributed by atoms with Crippen LogP contribution >= 0.6 is 0 Å². The van der Waals surface area contributed by atoms with E-state index >= 15 is 0 Å². The lowest BCUT2D eigenvalue weighted by Gasteiger charge is -2.38. The number of ether oxygens (including phenoxy) is 1. The standard InChI is InChI=1S/C20H30N2O2/c1-16-7-9-17(10-8-16)20(11-13-24-14-12-20)15-21-19(23)22-18-5-3-2-4-6-18/h7-10,18H,2-6,11-15H2,1H3,(H2,21,22,23). The quantitative estimate of drug-likeness (QED) is 0.885.